The first-order valence-corrected chi connectivity index (χ1v) is 20.5. The molecule has 0 amide bonds. The second-order valence-corrected chi connectivity index (χ2v) is 15.4. The highest BCUT2D eigenvalue weighted by Crippen LogP contribution is 2.40. The molecule has 0 saturated heterocycles. The Morgan fingerprint density at radius 1 is 0.333 bits per heavy atom. The van der Waals surface area contributed by atoms with Gasteiger partial charge in [0.1, 0.15) is 45.4 Å². The summed E-state index contributed by atoms with van der Waals surface area (Å²) in [5.41, 5.74) is 5.67. The van der Waals surface area contributed by atoms with Crippen molar-refractivity contribution in [3.63, 3.8) is 0 Å². The summed E-state index contributed by atoms with van der Waals surface area (Å²) in [4.78, 5) is 0. The van der Waals surface area contributed by atoms with Crippen molar-refractivity contribution >= 4 is 65.4 Å². The first-order valence-electron chi connectivity index (χ1n) is 20.5. The molecule has 274 valence electrons. The minimum Gasteiger partial charge on any atom is -0.461 e. The normalized spacial score (nSPS) is 12.2. The van der Waals surface area contributed by atoms with Crippen LogP contribution in [0.1, 0.15) is 102 Å². The quantitative estimate of drug-likeness (QED) is 0.0935. The Balaban J connectivity index is 0.958. The van der Waals surface area contributed by atoms with Crippen LogP contribution < -0.4 is 0 Å². The van der Waals surface area contributed by atoms with Gasteiger partial charge in [-0.05, 0) is 107 Å². The van der Waals surface area contributed by atoms with E-state index >= 15 is 0 Å². The van der Waals surface area contributed by atoms with Crippen LogP contribution in [0.4, 0.5) is 0 Å². The summed E-state index contributed by atoms with van der Waals surface area (Å²) in [5, 5.41) is 8.93. The van der Waals surface area contributed by atoms with Gasteiger partial charge in [0.25, 0.3) is 0 Å². The van der Waals surface area contributed by atoms with Crippen LogP contribution >= 0.6 is 0 Å². The third-order valence-electron chi connectivity index (χ3n) is 11.4. The summed E-state index contributed by atoms with van der Waals surface area (Å²) < 4.78 is 25.7. The molecule has 0 unspecified atom stereocenters. The van der Waals surface area contributed by atoms with Gasteiger partial charge in [-0.3, -0.25) is 0 Å². The molecule has 5 aromatic carbocycles. The summed E-state index contributed by atoms with van der Waals surface area (Å²) in [6.07, 6.45) is 17.5. The molecule has 54 heavy (non-hydrogen) atoms. The lowest BCUT2D eigenvalue weighted by molar-refractivity contribution is 0.502. The van der Waals surface area contributed by atoms with E-state index in [1.807, 2.05) is 0 Å². The van der Waals surface area contributed by atoms with Crippen LogP contribution in [0, 0.1) is 0 Å². The van der Waals surface area contributed by atoms with Gasteiger partial charge in [-0.25, -0.2) is 0 Å². The van der Waals surface area contributed by atoms with Crippen molar-refractivity contribution in [1.82, 2.24) is 0 Å². The fraction of sp³-hybridized carbons (Fsp3) is 0.320. The van der Waals surface area contributed by atoms with Gasteiger partial charge in [0, 0.05) is 45.5 Å². The Hall–Kier alpha value is -5.22. The lowest BCUT2D eigenvalue weighted by Crippen LogP contribution is -1.83. The highest BCUT2D eigenvalue weighted by atomic mass is 16.3. The van der Waals surface area contributed by atoms with Crippen molar-refractivity contribution in [2.75, 3.05) is 0 Å². The van der Waals surface area contributed by atoms with Crippen LogP contribution in [-0.2, 0) is 12.8 Å². The van der Waals surface area contributed by atoms with Gasteiger partial charge in [0.15, 0.2) is 0 Å². The fourth-order valence-electron chi connectivity index (χ4n) is 8.33. The van der Waals surface area contributed by atoms with E-state index in [2.05, 4.69) is 111 Å². The van der Waals surface area contributed by atoms with E-state index in [1.165, 1.54) is 87.8 Å². The lowest BCUT2D eigenvalue weighted by atomic mass is 10.0. The average Bonchev–Trinajstić information content (AvgIpc) is 4.00. The van der Waals surface area contributed by atoms with Crippen LogP contribution in [0.2, 0.25) is 0 Å². The van der Waals surface area contributed by atoms with E-state index < -0.39 is 0 Å². The maximum absolute atomic E-state index is 6.54. The molecular weight excluding hydrogens is 665 g/mol. The lowest BCUT2D eigenvalue weighted by Gasteiger charge is -2.03. The third-order valence-corrected chi connectivity index (χ3v) is 11.4. The minimum absolute atomic E-state index is 0.867. The van der Waals surface area contributed by atoms with Crippen LogP contribution in [0.3, 0.4) is 0 Å². The van der Waals surface area contributed by atoms with Gasteiger partial charge >= 0.3 is 0 Å². The highest BCUT2D eigenvalue weighted by molar-refractivity contribution is 6.18. The largest absolute Gasteiger partial charge is 0.461 e. The molecule has 4 nitrogen and oxygen atoms in total. The van der Waals surface area contributed by atoms with Crippen molar-refractivity contribution in [1.29, 1.82) is 0 Å². The Kier molecular flexibility index (Phi) is 9.76. The van der Waals surface area contributed by atoms with Gasteiger partial charge in [0.2, 0.25) is 0 Å². The molecule has 4 heteroatoms. The number of fused-ring (bicyclic) bond motifs is 8. The van der Waals surface area contributed by atoms with E-state index in [0.717, 1.165) is 102 Å². The predicted molar refractivity (Wildman–Crippen MR) is 226 cm³/mol. The maximum Gasteiger partial charge on any atom is 0.136 e. The summed E-state index contributed by atoms with van der Waals surface area (Å²) in [6, 6.07) is 34.8. The number of furan rings is 4. The zero-order valence-corrected chi connectivity index (χ0v) is 31.8. The van der Waals surface area contributed by atoms with Crippen LogP contribution in [0.25, 0.3) is 88.1 Å². The van der Waals surface area contributed by atoms with Gasteiger partial charge in [-0.2, -0.15) is 0 Å². The maximum atomic E-state index is 6.54. The van der Waals surface area contributed by atoms with Crippen molar-refractivity contribution in [2.24, 2.45) is 0 Å². The minimum atomic E-state index is 0.867. The number of benzene rings is 5. The third kappa shape index (κ3) is 6.95. The molecule has 0 atom stereocenters. The first-order chi connectivity index (χ1) is 26.6. The monoisotopic (exact) mass is 714 g/mol. The Bertz CT molecular complexity index is 2520. The SMILES string of the molecule is CCCCCCCCc1ccc(-c2ccc3cc4c(cc3c2)oc2cc3c(cc24)oc2cc4cc(-c5ccc(CCCCCCCC)o5)ccc4cc23)o1. The van der Waals surface area contributed by atoms with Crippen molar-refractivity contribution in [2.45, 2.75) is 104 Å². The molecule has 0 aliphatic carbocycles. The number of aryl methyl sites for hydroxylation is 2. The molecule has 0 saturated carbocycles. The van der Waals surface area contributed by atoms with Gasteiger partial charge in [-0.1, -0.05) is 102 Å². The number of rotatable bonds is 16. The van der Waals surface area contributed by atoms with Gasteiger partial charge in [0.05, 0.1) is 0 Å². The summed E-state index contributed by atoms with van der Waals surface area (Å²) in [7, 11) is 0. The smallest absolute Gasteiger partial charge is 0.136 e. The molecule has 0 N–H and O–H groups in total. The molecular formula is C50H50O4. The second kappa shape index (κ2) is 15.3. The fourth-order valence-corrected chi connectivity index (χ4v) is 8.33. The van der Waals surface area contributed by atoms with Crippen molar-refractivity contribution < 1.29 is 17.7 Å². The number of unbranched alkanes of at least 4 members (excludes halogenated alkanes) is 10. The van der Waals surface area contributed by atoms with E-state index in [9.17, 15) is 0 Å². The molecule has 9 rings (SSSR count). The number of hydrogen-bond acceptors (Lipinski definition) is 4. The van der Waals surface area contributed by atoms with Gasteiger partial charge in [-0.15, -0.1) is 0 Å². The molecule has 4 heterocycles. The molecule has 9 aromatic rings. The van der Waals surface area contributed by atoms with Gasteiger partial charge < -0.3 is 17.7 Å². The van der Waals surface area contributed by atoms with E-state index in [-0.39, 0.29) is 0 Å². The summed E-state index contributed by atoms with van der Waals surface area (Å²) in [6.45, 7) is 4.53. The van der Waals surface area contributed by atoms with Crippen molar-refractivity contribution in [3.8, 4) is 22.6 Å². The molecule has 0 aliphatic heterocycles. The molecule has 0 radical (unpaired) electrons. The molecule has 4 aromatic heterocycles. The Morgan fingerprint density at radius 3 is 1.20 bits per heavy atom. The summed E-state index contributed by atoms with van der Waals surface area (Å²) >= 11 is 0. The first kappa shape index (κ1) is 34.5. The van der Waals surface area contributed by atoms with E-state index in [0.29, 0.717) is 0 Å². The zero-order chi connectivity index (χ0) is 36.4. The standard InChI is InChI=1S/C50H50O4/c1-3-5-7-9-11-13-15-39-21-23-45(51-39)35-19-17-33-27-41-43-31-50-44(32-49(43)53-47(41)29-37(33)25-35)42-28-34-18-20-36(26-38(34)30-48(42)54-50)46-24-22-40(52-46)16-14-12-10-8-6-4-2/h17-32H,3-16H2,1-2H3. The molecule has 0 fully saturated rings. The van der Waals surface area contributed by atoms with Crippen LogP contribution in [0.5, 0.6) is 0 Å². The Morgan fingerprint density at radius 2 is 0.741 bits per heavy atom. The number of hydrogen-bond donors (Lipinski definition) is 0. The molecule has 0 spiro atoms. The second-order valence-electron chi connectivity index (χ2n) is 15.4. The van der Waals surface area contributed by atoms with Crippen molar-refractivity contribution in [3.05, 3.63) is 109 Å². The molecule has 0 aliphatic rings. The van der Waals surface area contributed by atoms with Crippen LogP contribution in [0.15, 0.2) is 115 Å². The van der Waals surface area contributed by atoms with E-state index in [1.54, 1.807) is 0 Å². The van der Waals surface area contributed by atoms with E-state index in [4.69, 9.17) is 17.7 Å². The highest BCUT2D eigenvalue weighted by Gasteiger charge is 2.16. The van der Waals surface area contributed by atoms with Crippen LogP contribution in [-0.4, -0.2) is 0 Å². The molecule has 0 bridgehead atoms. The summed E-state index contributed by atoms with van der Waals surface area (Å²) in [5.74, 6) is 3.99. The zero-order valence-electron chi connectivity index (χ0n) is 31.8. The average molecular weight is 715 g/mol. The topological polar surface area (TPSA) is 52.6 Å². The Labute approximate surface area is 317 Å². The predicted octanol–water partition coefficient (Wildman–Crippen LogP) is 16.1.